The van der Waals surface area contributed by atoms with E-state index in [9.17, 15) is 14.7 Å². The Balaban J connectivity index is 1.70. The number of halogens is 1. The fraction of sp³-hybridized carbons (Fsp3) is 0.400. The molecule has 0 saturated heterocycles. The number of nitrogens with zero attached hydrogens (tertiary/aromatic N) is 1. The van der Waals surface area contributed by atoms with Crippen LogP contribution in [-0.2, 0) is 9.59 Å². The van der Waals surface area contributed by atoms with Gasteiger partial charge in [-0.05, 0) is 25.0 Å². The average Bonchev–Trinajstić information content (AvgIpc) is 3.16. The standard InChI is InChI=1S/C15H15ClN2O3S2/c16-12-6-5-11(23-12)10-7-22-15(17-10)18-13(19)8-3-1-2-4-9(8)14(20)21/h5-9H,1-4H2,(H,20,21)(H,17,18,19)/p-1/t8-,9+/m0/s1. The van der Waals surface area contributed by atoms with Crippen LogP contribution in [0, 0.1) is 11.8 Å². The van der Waals surface area contributed by atoms with Crippen molar-refractivity contribution >= 4 is 51.3 Å². The molecular formula is C15H14ClN2O3S2-. The lowest BCUT2D eigenvalue weighted by atomic mass is 9.79. The highest BCUT2D eigenvalue weighted by molar-refractivity contribution is 7.20. The van der Waals surface area contributed by atoms with Crippen molar-refractivity contribution in [3.05, 3.63) is 21.8 Å². The van der Waals surface area contributed by atoms with Crippen LogP contribution in [0.15, 0.2) is 17.5 Å². The lowest BCUT2D eigenvalue weighted by Crippen LogP contribution is -2.42. The zero-order valence-corrected chi connectivity index (χ0v) is 14.5. The first-order valence-corrected chi connectivity index (χ1v) is 9.35. The highest BCUT2D eigenvalue weighted by Gasteiger charge is 2.32. The van der Waals surface area contributed by atoms with Gasteiger partial charge < -0.3 is 15.2 Å². The van der Waals surface area contributed by atoms with Crippen molar-refractivity contribution in [3.8, 4) is 10.6 Å². The summed E-state index contributed by atoms with van der Waals surface area (Å²) < 4.78 is 0.678. The van der Waals surface area contributed by atoms with Crippen molar-refractivity contribution in [2.45, 2.75) is 25.7 Å². The Morgan fingerprint density at radius 2 is 2.00 bits per heavy atom. The Kier molecular flexibility index (Phi) is 4.99. The van der Waals surface area contributed by atoms with E-state index >= 15 is 0 Å². The average molecular weight is 370 g/mol. The van der Waals surface area contributed by atoms with Gasteiger partial charge in [-0.1, -0.05) is 24.4 Å². The molecule has 1 N–H and O–H groups in total. The smallest absolute Gasteiger partial charge is 0.229 e. The molecule has 0 spiro atoms. The van der Waals surface area contributed by atoms with Gasteiger partial charge in [-0.25, -0.2) is 4.98 Å². The maximum absolute atomic E-state index is 12.4. The van der Waals surface area contributed by atoms with Crippen molar-refractivity contribution in [1.29, 1.82) is 0 Å². The minimum absolute atomic E-state index is 0.288. The highest BCUT2D eigenvalue weighted by atomic mass is 35.5. The third-order valence-corrected chi connectivity index (χ3v) is 5.98. The topological polar surface area (TPSA) is 82.1 Å². The molecule has 0 radical (unpaired) electrons. The monoisotopic (exact) mass is 369 g/mol. The third kappa shape index (κ3) is 3.73. The van der Waals surface area contributed by atoms with Crippen LogP contribution >= 0.6 is 34.3 Å². The molecule has 1 amide bonds. The molecular weight excluding hydrogens is 356 g/mol. The molecule has 2 heterocycles. The summed E-state index contributed by atoms with van der Waals surface area (Å²) in [5.74, 6) is -2.68. The Labute approximate surface area is 146 Å². The van der Waals surface area contributed by atoms with Crippen LogP contribution in [0.5, 0.6) is 0 Å². The van der Waals surface area contributed by atoms with E-state index in [4.69, 9.17) is 11.6 Å². The Bertz CT molecular complexity index is 728. The van der Waals surface area contributed by atoms with Crippen LogP contribution in [0.1, 0.15) is 25.7 Å². The number of thiazole rings is 1. The van der Waals surface area contributed by atoms with Gasteiger partial charge >= 0.3 is 0 Å². The first-order chi connectivity index (χ1) is 11.0. The SMILES string of the molecule is O=C(Nc1nc(-c2ccc(Cl)s2)cs1)[C@H]1CCCC[C@H]1C(=O)[O-]. The van der Waals surface area contributed by atoms with Crippen LogP contribution in [0.3, 0.4) is 0 Å². The summed E-state index contributed by atoms with van der Waals surface area (Å²) in [5.41, 5.74) is 0.752. The lowest BCUT2D eigenvalue weighted by Gasteiger charge is -2.30. The first kappa shape index (κ1) is 16.4. The van der Waals surface area contributed by atoms with Crippen LogP contribution in [0.2, 0.25) is 4.34 Å². The van der Waals surface area contributed by atoms with Gasteiger partial charge in [0.05, 0.1) is 14.9 Å². The van der Waals surface area contributed by atoms with Crippen LogP contribution in [0.25, 0.3) is 10.6 Å². The summed E-state index contributed by atoms with van der Waals surface area (Å²) >= 11 is 8.64. The number of carbonyl (C=O) groups is 2. The number of carboxylic acids is 1. The Morgan fingerprint density at radius 1 is 1.26 bits per heavy atom. The van der Waals surface area contributed by atoms with Crippen LogP contribution in [-0.4, -0.2) is 16.9 Å². The molecule has 5 nitrogen and oxygen atoms in total. The molecule has 1 aliphatic rings. The summed E-state index contributed by atoms with van der Waals surface area (Å²) in [7, 11) is 0. The zero-order chi connectivity index (χ0) is 16.4. The van der Waals surface area contributed by atoms with E-state index < -0.39 is 17.8 Å². The highest BCUT2D eigenvalue weighted by Crippen LogP contribution is 2.34. The Morgan fingerprint density at radius 3 is 2.65 bits per heavy atom. The maximum Gasteiger partial charge on any atom is 0.229 e. The minimum Gasteiger partial charge on any atom is -0.550 e. The number of rotatable bonds is 4. The van der Waals surface area contributed by atoms with Crippen molar-refractivity contribution < 1.29 is 14.7 Å². The van der Waals surface area contributed by atoms with E-state index in [2.05, 4.69) is 10.3 Å². The second-order valence-corrected chi connectivity index (χ2v) is 8.02. The van der Waals surface area contributed by atoms with Gasteiger partial charge in [-0.3, -0.25) is 4.79 Å². The van der Waals surface area contributed by atoms with Gasteiger partial charge in [-0.2, -0.15) is 0 Å². The predicted octanol–water partition coefficient (Wildman–Crippen LogP) is 3.02. The van der Waals surface area contributed by atoms with Gasteiger partial charge in [-0.15, -0.1) is 22.7 Å². The number of nitrogens with one attached hydrogen (secondary N) is 1. The third-order valence-electron chi connectivity index (χ3n) is 3.97. The molecule has 3 rings (SSSR count). The molecule has 0 aliphatic heterocycles. The van der Waals surface area contributed by atoms with Crippen molar-refractivity contribution in [3.63, 3.8) is 0 Å². The Hall–Kier alpha value is -1.44. The molecule has 1 saturated carbocycles. The largest absolute Gasteiger partial charge is 0.550 e. The molecule has 1 fully saturated rings. The normalized spacial score (nSPS) is 21.1. The van der Waals surface area contributed by atoms with Gasteiger partial charge in [0.1, 0.15) is 0 Å². The van der Waals surface area contributed by atoms with Crippen molar-refractivity contribution in [2.24, 2.45) is 11.8 Å². The van der Waals surface area contributed by atoms with Crippen molar-refractivity contribution in [1.82, 2.24) is 4.98 Å². The molecule has 0 unspecified atom stereocenters. The molecule has 2 aromatic heterocycles. The summed E-state index contributed by atoms with van der Waals surface area (Å²) in [6.07, 6.45) is 2.75. The quantitative estimate of drug-likeness (QED) is 0.898. The second-order valence-electron chi connectivity index (χ2n) is 5.45. The number of hydrogen-bond acceptors (Lipinski definition) is 6. The van der Waals surface area contributed by atoms with E-state index in [1.165, 1.54) is 22.7 Å². The number of carboxylic acid groups (broad SMARTS) is 1. The fourth-order valence-electron chi connectivity index (χ4n) is 2.82. The minimum atomic E-state index is -1.14. The van der Waals surface area contributed by atoms with E-state index in [1.807, 2.05) is 11.4 Å². The molecule has 8 heteroatoms. The number of anilines is 1. The van der Waals surface area contributed by atoms with Gasteiger partial charge in [0.2, 0.25) is 5.91 Å². The summed E-state index contributed by atoms with van der Waals surface area (Å²) in [5, 5.41) is 16.3. The molecule has 0 aromatic carbocycles. The van der Waals surface area contributed by atoms with Crippen molar-refractivity contribution in [2.75, 3.05) is 5.32 Å². The lowest BCUT2D eigenvalue weighted by molar-refractivity contribution is -0.313. The number of aromatic nitrogens is 1. The number of thiophene rings is 1. The summed E-state index contributed by atoms with van der Waals surface area (Å²) in [6, 6.07) is 3.67. The zero-order valence-electron chi connectivity index (χ0n) is 12.1. The molecule has 0 bridgehead atoms. The van der Waals surface area contributed by atoms with Crippen LogP contribution < -0.4 is 10.4 Å². The summed E-state index contributed by atoms with van der Waals surface area (Å²) in [4.78, 5) is 28.9. The number of hydrogen-bond donors (Lipinski definition) is 1. The van der Waals surface area contributed by atoms with E-state index in [1.54, 1.807) is 6.07 Å². The molecule has 2 atom stereocenters. The number of aliphatic carboxylic acids is 1. The number of carbonyl (C=O) groups excluding carboxylic acids is 2. The number of amides is 1. The van der Waals surface area contributed by atoms with E-state index in [-0.39, 0.29) is 5.91 Å². The van der Waals surface area contributed by atoms with E-state index in [0.717, 1.165) is 23.4 Å². The maximum atomic E-state index is 12.4. The molecule has 122 valence electrons. The molecule has 2 aromatic rings. The summed E-state index contributed by atoms with van der Waals surface area (Å²) in [6.45, 7) is 0. The van der Waals surface area contributed by atoms with Gasteiger partial charge in [0, 0.05) is 23.2 Å². The van der Waals surface area contributed by atoms with Gasteiger partial charge in [0.25, 0.3) is 0 Å². The second kappa shape index (κ2) is 6.98. The fourth-order valence-corrected chi connectivity index (χ4v) is 4.61. The van der Waals surface area contributed by atoms with E-state index in [0.29, 0.717) is 22.3 Å². The van der Waals surface area contributed by atoms with Gasteiger partial charge in [0.15, 0.2) is 5.13 Å². The van der Waals surface area contributed by atoms with Crippen LogP contribution in [0.4, 0.5) is 5.13 Å². The predicted molar refractivity (Wildman–Crippen MR) is 89.5 cm³/mol. The molecule has 1 aliphatic carbocycles. The molecule has 23 heavy (non-hydrogen) atoms. The first-order valence-electron chi connectivity index (χ1n) is 7.27.